The number of aryl methyl sites for hydroxylation is 1. The van der Waals surface area contributed by atoms with Crippen LogP contribution < -0.4 is 10.1 Å². The van der Waals surface area contributed by atoms with Gasteiger partial charge < -0.3 is 10.1 Å². The molecule has 106 valence electrons. The van der Waals surface area contributed by atoms with Gasteiger partial charge in [-0.05, 0) is 25.1 Å². The second-order valence-corrected chi connectivity index (χ2v) is 6.19. The van der Waals surface area contributed by atoms with Gasteiger partial charge in [-0.1, -0.05) is 15.9 Å². The molecule has 0 radical (unpaired) electrons. The molecule has 0 saturated carbocycles. The topological polar surface area (TPSA) is 51.2 Å². The molecule has 4 nitrogen and oxygen atoms in total. The van der Waals surface area contributed by atoms with Crippen LogP contribution in [0.5, 0.6) is 5.75 Å². The highest BCUT2D eigenvalue weighted by Crippen LogP contribution is 2.22. The highest BCUT2D eigenvalue weighted by molar-refractivity contribution is 9.10. The summed E-state index contributed by atoms with van der Waals surface area (Å²) in [5, 5.41) is 5.94. The highest BCUT2D eigenvalue weighted by Gasteiger charge is 2.12. The Labute approximate surface area is 130 Å². The SMILES string of the molecule is COc1ccc(Br)cc1C(=O)NCCc1csc(C)n1. The van der Waals surface area contributed by atoms with Crippen molar-refractivity contribution in [3.8, 4) is 5.75 Å². The summed E-state index contributed by atoms with van der Waals surface area (Å²) in [6.07, 6.45) is 0.729. The molecule has 2 rings (SSSR count). The van der Waals surface area contributed by atoms with Gasteiger partial charge in [0.25, 0.3) is 5.91 Å². The van der Waals surface area contributed by atoms with Gasteiger partial charge in [0, 0.05) is 22.8 Å². The van der Waals surface area contributed by atoms with Crippen LogP contribution in [0.25, 0.3) is 0 Å². The van der Waals surface area contributed by atoms with E-state index in [4.69, 9.17) is 4.74 Å². The Hall–Kier alpha value is -1.40. The molecule has 20 heavy (non-hydrogen) atoms. The zero-order chi connectivity index (χ0) is 14.5. The minimum Gasteiger partial charge on any atom is -0.496 e. The average molecular weight is 355 g/mol. The van der Waals surface area contributed by atoms with E-state index in [1.807, 2.05) is 18.4 Å². The fraction of sp³-hybridized carbons (Fsp3) is 0.286. The Morgan fingerprint density at radius 1 is 1.50 bits per heavy atom. The maximum atomic E-state index is 12.1. The van der Waals surface area contributed by atoms with Crippen LogP contribution in [0.3, 0.4) is 0 Å². The van der Waals surface area contributed by atoms with Crippen molar-refractivity contribution in [1.29, 1.82) is 0 Å². The zero-order valence-corrected chi connectivity index (χ0v) is 13.7. The number of nitrogens with zero attached hydrogens (tertiary/aromatic N) is 1. The number of carbonyl (C=O) groups is 1. The lowest BCUT2D eigenvalue weighted by atomic mass is 10.2. The predicted molar refractivity (Wildman–Crippen MR) is 83.6 cm³/mol. The maximum absolute atomic E-state index is 12.1. The number of carbonyl (C=O) groups excluding carboxylic acids is 1. The molecule has 0 fully saturated rings. The Kier molecular flexibility index (Phi) is 5.14. The Morgan fingerprint density at radius 3 is 2.95 bits per heavy atom. The number of methoxy groups -OCH3 is 1. The van der Waals surface area contributed by atoms with Crippen LogP contribution in [0, 0.1) is 6.92 Å². The van der Waals surface area contributed by atoms with Crippen LogP contribution in [0.15, 0.2) is 28.1 Å². The molecule has 1 aromatic carbocycles. The first-order valence-electron chi connectivity index (χ1n) is 6.13. The van der Waals surface area contributed by atoms with E-state index in [1.165, 1.54) is 0 Å². The van der Waals surface area contributed by atoms with Crippen LogP contribution in [0.1, 0.15) is 21.1 Å². The largest absolute Gasteiger partial charge is 0.496 e. The summed E-state index contributed by atoms with van der Waals surface area (Å²) in [4.78, 5) is 16.5. The normalized spacial score (nSPS) is 10.3. The van der Waals surface area contributed by atoms with Gasteiger partial charge in [-0.2, -0.15) is 0 Å². The third-order valence-electron chi connectivity index (χ3n) is 2.74. The Balaban J connectivity index is 1.96. The summed E-state index contributed by atoms with van der Waals surface area (Å²) in [6, 6.07) is 5.36. The number of halogens is 1. The van der Waals surface area contributed by atoms with Crippen molar-refractivity contribution in [2.75, 3.05) is 13.7 Å². The summed E-state index contributed by atoms with van der Waals surface area (Å²) in [5.74, 6) is 0.422. The molecule has 0 aliphatic rings. The van der Waals surface area contributed by atoms with Crippen LogP contribution in [-0.4, -0.2) is 24.5 Å². The molecule has 1 N–H and O–H groups in total. The number of rotatable bonds is 5. The van der Waals surface area contributed by atoms with Gasteiger partial charge in [0.2, 0.25) is 0 Å². The molecular weight excluding hydrogens is 340 g/mol. The third-order valence-corrected chi connectivity index (χ3v) is 4.05. The van der Waals surface area contributed by atoms with Crippen molar-refractivity contribution >= 4 is 33.2 Å². The van der Waals surface area contributed by atoms with Crippen molar-refractivity contribution in [2.24, 2.45) is 0 Å². The average Bonchev–Trinajstić information content (AvgIpc) is 2.84. The minimum atomic E-state index is -0.143. The van der Waals surface area contributed by atoms with E-state index in [0.29, 0.717) is 17.9 Å². The fourth-order valence-electron chi connectivity index (χ4n) is 1.78. The molecule has 0 spiro atoms. The highest BCUT2D eigenvalue weighted by atomic mass is 79.9. The molecule has 0 aliphatic carbocycles. The number of aromatic nitrogens is 1. The zero-order valence-electron chi connectivity index (χ0n) is 11.3. The van der Waals surface area contributed by atoms with Crippen molar-refractivity contribution in [3.63, 3.8) is 0 Å². The molecule has 1 amide bonds. The first-order valence-corrected chi connectivity index (χ1v) is 7.80. The number of thiazole rings is 1. The molecule has 0 atom stereocenters. The molecule has 2 aromatic rings. The van der Waals surface area contributed by atoms with E-state index >= 15 is 0 Å². The van der Waals surface area contributed by atoms with Crippen molar-refractivity contribution in [1.82, 2.24) is 10.3 Å². The fourth-order valence-corrected chi connectivity index (χ4v) is 2.79. The van der Waals surface area contributed by atoms with Crippen LogP contribution in [-0.2, 0) is 6.42 Å². The quantitative estimate of drug-likeness (QED) is 0.896. The monoisotopic (exact) mass is 354 g/mol. The van der Waals surface area contributed by atoms with E-state index in [-0.39, 0.29) is 5.91 Å². The maximum Gasteiger partial charge on any atom is 0.255 e. The third kappa shape index (κ3) is 3.80. The van der Waals surface area contributed by atoms with Gasteiger partial charge in [0.15, 0.2) is 0 Å². The number of nitrogens with one attached hydrogen (secondary N) is 1. The van der Waals surface area contributed by atoms with Crippen molar-refractivity contribution in [3.05, 3.63) is 44.3 Å². The predicted octanol–water partition coefficient (Wildman–Crippen LogP) is 3.20. The van der Waals surface area contributed by atoms with Crippen LogP contribution in [0.2, 0.25) is 0 Å². The molecule has 0 saturated heterocycles. The lowest BCUT2D eigenvalue weighted by Gasteiger charge is -2.09. The van der Waals surface area contributed by atoms with Gasteiger partial charge in [0.1, 0.15) is 5.75 Å². The van der Waals surface area contributed by atoms with Crippen LogP contribution in [0.4, 0.5) is 0 Å². The molecule has 1 heterocycles. The minimum absolute atomic E-state index is 0.143. The van der Waals surface area contributed by atoms with E-state index in [2.05, 4.69) is 26.2 Å². The number of amides is 1. The summed E-state index contributed by atoms with van der Waals surface area (Å²) in [6.45, 7) is 2.52. The van der Waals surface area contributed by atoms with Gasteiger partial charge in [-0.25, -0.2) is 4.98 Å². The number of hydrogen-bond acceptors (Lipinski definition) is 4. The summed E-state index contributed by atoms with van der Waals surface area (Å²) in [7, 11) is 1.55. The molecule has 1 aromatic heterocycles. The smallest absolute Gasteiger partial charge is 0.255 e. The van der Waals surface area contributed by atoms with Gasteiger partial charge in [-0.3, -0.25) is 4.79 Å². The summed E-state index contributed by atoms with van der Waals surface area (Å²) in [5.41, 5.74) is 1.53. The number of hydrogen-bond donors (Lipinski definition) is 1. The Morgan fingerprint density at radius 2 is 2.30 bits per heavy atom. The lowest BCUT2D eigenvalue weighted by Crippen LogP contribution is -2.26. The molecule has 0 bridgehead atoms. The second-order valence-electron chi connectivity index (χ2n) is 4.21. The number of ether oxygens (including phenoxy) is 1. The standard InChI is InChI=1S/C14H15BrN2O2S/c1-9-17-11(8-20-9)5-6-16-14(18)12-7-10(15)3-4-13(12)19-2/h3-4,7-8H,5-6H2,1-2H3,(H,16,18). The molecule has 0 unspecified atom stereocenters. The van der Waals surface area contributed by atoms with E-state index in [9.17, 15) is 4.79 Å². The van der Waals surface area contributed by atoms with E-state index in [0.717, 1.165) is 21.6 Å². The molecule has 6 heteroatoms. The number of benzene rings is 1. The first kappa shape index (κ1) is 15.0. The Bertz CT molecular complexity index is 613. The van der Waals surface area contributed by atoms with Crippen molar-refractivity contribution in [2.45, 2.75) is 13.3 Å². The molecular formula is C14H15BrN2O2S. The van der Waals surface area contributed by atoms with Gasteiger partial charge in [-0.15, -0.1) is 11.3 Å². The van der Waals surface area contributed by atoms with E-state index in [1.54, 1.807) is 30.6 Å². The second kappa shape index (κ2) is 6.85. The summed E-state index contributed by atoms with van der Waals surface area (Å²) >= 11 is 4.97. The lowest BCUT2D eigenvalue weighted by molar-refractivity contribution is 0.0951. The van der Waals surface area contributed by atoms with Gasteiger partial charge in [0.05, 0.1) is 23.4 Å². The summed E-state index contributed by atoms with van der Waals surface area (Å²) < 4.78 is 6.04. The van der Waals surface area contributed by atoms with Crippen molar-refractivity contribution < 1.29 is 9.53 Å². The van der Waals surface area contributed by atoms with Crippen LogP contribution >= 0.6 is 27.3 Å². The van der Waals surface area contributed by atoms with E-state index < -0.39 is 0 Å². The van der Waals surface area contributed by atoms with Gasteiger partial charge >= 0.3 is 0 Å². The molecule has 0 aliphatic heterocycles. The first-order chi connectivity index (χ1) is 9.60.